The maximum absolute atomic E-state index is 15.1. The van der Waals surface area contributed by atoms with Crippen LogP contribution in [0, 0.1) is 10.8 Å². The zero-order valence-electron chi connectivity index (χ0n) is 23.1. The van der Waals surface area contributed by atoms with Crippen molar-refractivity contribution in [1.29, 1.82) is 0 Å². The highest BCUT2D eigenvalue weighted by molar-refractivity contribution is 6.18. The number of hydrogen-bond acceptors (Lipinski definition) is 7. The summed E-state index contributed by atoms with van der Waals surface area (Å²) in [4.78, 5) is 47.0. The van der Waals surface area contributed by atoms with Crippen LogP contribution in [0.4, 0.5) is 0 Å². The molecule has 2 aliphatic heterocycles. The van der Waals surface area contributed by atoms with Crippen LogP contribution < -0.4 is 0 Å². The summed E-state index contributed by atoms with van der Waals surface area (Å²) in [6.07, 6.45) is 0. The molecule has 0 radical (unpaired) electrons. The number of benzene rings is 4. The first-order chi connectivity index (χ1) is 19.3. The number of ether oxygens (including phenoxy) is 2. The summed E-state index contributed by atoms with van der Waals surface area (Å²) < 4.78 is 10.8. The smallest absolute Gasteiger partial charge is 0.322 e. The van der Waals surface area contributed by atoms with Crippen LogP contribution in [-0.4, -0.2) is 68.9 Å². The first-order valence-electron chi connectivity index (χ1n) is 13.4. The molecule has 7 heteroatoms. The van der Waals surface area contributed by atoms with Crippen molar-refractivity contribution in [3.63, 3.8) is 0 Å². The fourth-order valence-corrected chi connectivity index (χ4v) is 7.56. The van der Waals surface area contributed by atoms with Gasteiger partial charge in [0.2, 0.25) is 0 Å². The zero-order chi connectivity index (χ0) is 28.2. The summed E-state index contributed by atoms with van der Waals surface area (Å²) in [7, 11) is 6.35. The number of likely N-dealkylation sites (tertiary alicyclic amines) is 2. The Morgan fingerprint density at radius 2 is 1.07 bits per heavy atom. The van der Waals surface area contributed by atoms with Gasteiger partial charge in [-0.3, -0.25) is 19.3 Å². The normalized spacial score (nSPS) is 27.1. The lowest BCUT2D eigenvalue weighted by atomic mass is 9.53. The van der Waals surface area contributed by atoms with Gasteiger partial charge in [-0.15, -0.1) is 0 Å². The van der Waals surface area contributed by atoms with Crippen molar-refractivity contribution in [2.75, 3.05) is 41.4 Å². The van der Waals surface area contributed by atoms with E-state index in [2.05, 4.69) is 0 Å². The quantitative estimate of drug-likeness (QED) is 0.280. The van der Waals surface area contributed by atoms with Crippen LogP contribution in [0.25, 0.3) is 21.5 Å². The van der Waals surface area contributed by atoms with Crippen LogP contribution >= 0.6 is 0 Å². The van der Waals surface area contributed by atoms with Gasteiger partial charge in [-0.1, -0.05) is 84.9 Å². The van der Waals surface area contributed by atoms with Crippen LogP contribution in [0.2, 0.25) is 0 Å². The summed E-state index contributed by atoms with van der Waals surface area (Å²) in [6, 6.07) is 26.3. The molecule has 0 aromatic heterocycles. The first kappa shape index (κ1) is 26.2. The lowest BCUT2D eigenvalue weighted by molar-refractivity contribution is -0.202. The maximum Gasteiger partial charge on any atom is 0.322 e. The Balaban J connectivity index is 1.74. The van der Waals surface area contributed by atoms with Crippen molar-refractivity contribution in [2.24, 2.45) is 10.8 Å². The highest BCUT2D eigenvalue weighted by Gasteiger charge is 2.74. The molecule has 2 unspecified atom stereocenters. The van der Waals surface area contributed by atoms with Gasteiger partial charge < -0.3 is 14.4 Å². The number of methoxy groups -OCH3 is 2. The van der Waals surface area contributed by atoms with E-state index in [1.54, 1.807) is 0 Å². The molecule has 2 heterocycles. The number of piperidine rings is 2. The predicted octanol–water partition coefficient (Wildman–Crippen LogP) is 4.55. The Hall–Kier alpha value is -4.07. The lowest BCUT2D eigenvalue weighted by Crippen LogP contribution is -2.75. The largest absolute Gasteiger partial charge is 0.468 e. The molecule has 204 valence electrons. The fourth-order valence-electron chi connectivity index (χ4n) is 7.56. The number of ketones is 1. The van der Waals surface area contributed by atoms with E-state index in [0.717, 1.165) is 32.7 Å². The zero-order valence-corrected chi connectivity index (χ0v) is 23.1. The summed E-state index contributed by atoms with van der Waals surface area (Å²) in [5.41, 5.74) is -1.68. The summed E-state index contributed by atoms with van der Waals surface area (Å²) in [6.45, 7) is 0.218. The first-order valence-corrected chi connectivity index (χ1v) is 13.4. The molecule has 40 heavy (non-hydrogen) atoms. The molecule has 0 amide bonds. The molecule has 6 rings (SSSR count). The van der Waals surface area contributed by atoms with E-state index in [0.29, 0.717) is 0 Å². The number of fused-ring (bicyclic) bond motifs is 4. The van der Waals surface area contributed by atoms with E-state index in [4.69, 9.17) is 9.47 Å². The molecule has 2 fully saturated rings. The van der Waals surface area contributed by atoms with Crippen molar-refractivity contribution in [2.45, 2.75) is 12.1 Å². The van der Waals surface area contributed by atoms with Crippen molar-refractivity contribution in [1.82, 2.24) is 9.80 Å². The van der Waals surface area contributed by atoms with Gasteiger partial charge in [0.15, 0.2) is 16.6 Å². The Bertz CT molecular complexity index is 1540. The lowest BCUT2D eigenvalue weighted by Gasteiger charge is -2.61. The van der Waals surface area contributed by atoms with Crippen LogP contribution in [0.1, 0.15) is 23.2 Å². The third-order valence-corrected chi connectivity index (χ3v) is 8.93. The molecule has 0 N–H and O–H groups in total. The van der Waals surface area contributed by atoms with Gasteiger partial charge in [0.05, 0.1) is 26.3 Å². The topological polar surface area (TPSA) is 76.1 Å². The van der Waals surface area contributed by atoms with E-state index in [-0.39, 0.29) is 13.1 Å². The van der Waals surface area contributed by atoms with Crippen LogP contribution in [0.5, 0.6) is 0 Å². The average Bonchev–Trinajstić information content (AvgIpc) is 2.98. The highest BCUT2D eigenvalue weighted by Crippen LogP contribution is 2.61. The van der Waals surface area contributed by atoms with Crippen molar-refractivity contribution in [3.8, 4) is 0 Å². The second-order valence-corrected chi connectivity index (χ2v) is 11.0. The van der Waals surface area contributed by atoms with Crippen molar-refractivity contribution in [3.05, 3.63) is 96.1 Å². The summed E-state index contributed by atoms with van der Waals surface area (Å²) >= 11 is 0. The number of nitrogens with zero attached hydrogens (tertiary/aromatic N) is 2. The number of Topliss-reactive ketones (excluding diaryl/α,β-unsaturated/α-hetero) is 1. The van der Waals surface area contributed by atoms with E-state index in [1.165, 1.54) is 14.2 Å². The molecule has 2 aliphatic rings. The predicted molar refractivity (Wildman–Crippen MR) is 153 cm³/mol. The number of carbonyl (C=O) groups is 3. The van der Waals surface area contributed by atoms with E-state index >= 15 is 4.79 Å². The molecule has 2 bridgehead atoms. The Labute approximate surface area is 233 Å². The highest BCUT2D eigenvalue weighted by atomic mass is 16.5. The summed E-state index contributed by atoms with van der Waals surface area (Å²) in [5.74, 6) is -1.76. The minimum Gasteiger partial charge on any atom is -0.468 e. The number of carbonyl (C=O) groups excluding carboxylic acids is 3. The molecule has 4 atom stereocenters. The standard InChI is InChI=1S/C33H32N2O5/c1-34-19-32(30(37)39-3)27(25-17-9-13-21-11-5-7-15-23(21)25)35(2)28(33(20-34,29(32)36)31(38)40-4)26-18-10-14-22-12-6-8-16-24(22)26/h5-18,27-28H,19-20H2,1-4H3/t27-,28+,32?,33?. The van der Waals surface area contributed by atoms with Gasteiger partial charge in [0, 0.05) is 13.1 Å². The van der Waals surface area contributed by atoms with Crippen LogP contribution in [-0.2, 0) is 23.9 Å². The van der Waals surface area contributed by atoms with E-state index < -0.39 is 40.6 Å². The number of hydrogen-bond donors (Lipinski definition) is 0. The van der Waals surface area contributed by atoms with E-state index in [9.17, 15) is 9.59 Å². The monoisotopic (exact) mass is 536 g/mol. The Kier molecular flexibility index (Phi) is 6.24. The Morgan fingerprint density at radius 1 is 0.675 bits per heavy atom. The molecule has 0 saturated carbocycles. The minimum absolute atomic E-state index is 0.109. The molecule has 0 aliphatic carbocycles. The molecule has 4 aromatic rings. The third-order valence-electron chi connectivity index (χ3n) is 8.93. The van der Waals surface area contributed by atoms with Crippen molar-refractivity contribution >= 4 is 39.3 Å². The minimum atomic E-state index is -1.67. The van der Waals surface area contributed by atoms with Gasteiger partial charge in [-0.05, 0) is 46.8 Å². The second-order valence-electron chi connectivity index (χ2n) is 11.0. The van der Waals surface area contributed by atoms with Gasteiger partial charge in [-0.25, -0.2) is 0 Å². The van der Waals surface area contributed by atoms with Gasteiger partial charge >= 0.3 is 11.9 Å². The molecular weight excluding hydrogens is 504 g/mol. The van der Waals surface area contributed by atoms with Gasteiger partial charge in [-0.2, -0.15) is 0 Å². The second kappa shape index (κ2) is 9.54. The van der Waals surface area contributed by atoms with E-state index in [1.807, 2.05) is 109 Å². The van der Waals surface area contributed by atoms with Gasteiger partial charge in [0.1, 0.15) is 0 Å². The SMILES string of the molecule is COC(=O)C12CN(C)CC(C(=O)OC)(C1=O)[C@@H](c1cccc3ccccc13)N(C)[C@H]2c1cccc2ccccc12. The number of esters is 2. The van der Waals surface area contributed by atoms with Gasteiger partial charge in [0.25, 0.3) is 0 Å². The maximum atomic E-state index is 15.1. The third kappa shape index (κ3) is 3.41. The molecular formula is C33H32N2O5. The molecule has 7 nitrogen and oxygen atoms in total. The van der Waals surface area contributed by atoms with Crippen LogP contribution in [0.15, 0.2) is 84.9 Å². The Morgan fingerprint density at radius 3 is 1.50 bits per heavy atom. The van der Waals surface area contributed by atoms with Crippen LogP contribution in [0.3, 0.4) is 0 Å². The van der Waals surface area contributed by atoms with Crippen molar-refractivity contribution < 1.29 is 23.9 Å². The molecule has 2 saturated heterocycles. The number of rotatable bonds is 4. The summed E-state index contributed by atoms with van der Waals surface area (Å²) in [5, 5.41) is 3.87. The average molecular weight is 537 g/mol. The molecule has 4 aromatic carbocycles. The fraction of sp³-hybridized carbons (Fsp3) is 0.303. The molecule has 0 spiro atoms.